The van der Waals surface area contributed by atoms with Gasteiger partial charge in [0, 0.05) is 13.1 Å². The van der Waals surface area contributed by atoms with Gasteiger partial charge in [-0.25, -0.2) is 26.3 Å². The van der Waals surface area contributed by atoms with Gasteiger partial charge in [-0.15, -0.1) is 0 Å². The van der Waals surface area contributed by atoms with Crippen molar-refractivity contribution in [3.8, 4) is 0 Å². The third-order valence-electron chi connectivity index (χ3n) is 1.92. The third kappa shape index (κ3) is 9.48. The van der Waals surface area contributed by atoms with Gasteiger partial charge in [0.25, 0.3) is 0 Å². The van der Waals surface area contributed by atoms with Crippen molar-refractivity contribution in [2.75, 3.05) is 31.1 Å². The summed E-state index contributed by atoms with van der Waals surface area (Å²) >= 11 is 0. The highest BCUT2D eigenvalue weighted by Gasteiger charge is 2.12. The lowest BCUT2D eigenvalue weighted by Gasteiger charge is -2.07. The van der Waals surface area contributed by atoms with E-state index in [0.717, 1.165) is 0 Å². The lowest BCUT2D eigenvalue weighted by atomic mass is 10.3. The van der Waals surface area contributed by atoms with Crippen LogP contribution in [0, 0.1) is 0 Å². The van der Waals surface area contributed by atoms with E-state index in [0.29, 0.717) is 25.9 Å². The van der Waals surface area contributed by atoms with Crippen LogP contribution in [0.3, 0.4) is 0 Å². The molecule has 4 N–H and O–H groups in total. The smallest absolute Gasteiger partial charge is 0.212 e. The van der Waals surface area contributed by atoms with Crippen LogP contribution in [0.15, 0.2) is 0 Å². The van der Waals surface area contributed by atoms with E-state index >= 15 is 0 Å². The molecule has 0 aromatic heterocycles. The quantitative estimate of drug-likeness (QED) is 0.426. The Morgan fingerprint density at radius 1 is 0.941 bits per heavy atom. The number of hydrogen-bond donors (Lipinski definition) is 3. The Kier molecular flexibility index (Phi) is 7.88. The first-order valence-corrected chi connectivity index (χ1v) is 8.78. The molecule has 0 aliphatic heterocycles. The topological polar surface area (TPSA) is 118 Å². The van der Waals surface area contributed by atoms with Crippen LogP contribution in [0.4, 0.5) is 0 Å². The molecule has 0 aliphatic carbocycles. The van der Waals surface area contributed by atoms with Crippen LogP contribution < -0.4 is 15.2 Å². The molecule has 0 unspecified atom stereocenters. The summed E-state index contributed by atoms with van der Waals surface area (Å²) in [6.07, 6.45) is 1.11. The maximum absolute atomic E-state index is 11.4. The molecule has 104 valence electrons. The van der Waals surface area contributed by atoms with Crippen LogP contribution in [0.2, 0.25) is 0 Å². The second-order valence-electron chi connectivity index (χ2n) is 3.53. The zero-order valence-corrected chi connectivity index (χ0v) is 11.6. The summed E-state index contributed by atoms with van der Waals surface area (Å²) < 4.78 is 49.7. The molecule has 0 saturated heterocycles. The van der Waals surface area contributed by atoms with E-state index in [-0.39, 0.29) is 18.1 Å². The van der Waals surface area contributed by atoms with Crippen LogP contribution in [0.25, 0.3) is 0 Å². The van der Waals surface area contributed by atoms with Crippen molar-refractivity contribution in [2.45, 2.75) is 19.8 Å². The number of unbranched alkanes of at least 4 members (excludes halogenated alkanes) is 1. The van der Waals surface area contributed by atoms with Gasteiger partial charge < -0.3 is 5.73 Å². The van der Waals surface area contributed by atoms with Gasteiger partial charge in [-0.2, -0.15) is 0 Å². The monoisotopic (exact) mass is 287 g/mol. The van der Waals surface area contributed by atoms with Crippen molar-refractivity contribution >= 4 is 20.0 Å². The molecular weight excluding hydrogens is 266 g/mol. The fourth-order valence-electron chi connectivity index (χ4n) is 1.13. The van der Waals surface area contributed by atoms with Crippen molar-refractivity contribution < 1.29 is 16.8 Å². The minimum absolute atomic E-state index is 0.0224. The molecule has 0 saturated carbocycles. The summed E-state index contributed by atoms with van der Waals surface area (Å²) in [6, 6.07) is 0. The van der Waals surface area contributed by atoms with Crippen LogP contribution in [-0.4, -0.2) is 48.0 Å². The zero-order chi connectivity index (χ0) is 13.4. The molecule has 0 fully saturated rings. The van der Waals surface area contributed by atoms with Crippen molar-refractivity contribution in [3.05, 3.63) is 0 Å². The molecule has 0 bridgehead atoms. The SMILES string of the molecule is CCNS(=O)(=O)CCNS(=O)(=O)CCCCN. The summed E-state index contributed by atoms with van der Waals surface area (Å²) in [4.78, 5) is 0. The molecular formula is C8H21N3O4S2. The molecule has 0 amide bonds. The highest BCUT2D eigenvalue weighted by Crippen LogP contribution is 1.93. The molecule has 0 rings (SSSR count). The Balaban J connectivity index is 3.95. The Hall–Kier alpha value is -0.220. The summed E-state index contributed by atoms with van der Waals surface area (Å²) in [5.74, 6) is -0.275. The van der Waals surface area contributed by atoms with E-state index in [1.54, 1.807) is 6.92 Å². The lowest BCUT2D eigenvalue weighted by molar-refractivity contribution is 0.574. The normalized spacial score (nSPS) is 12.8. The second kappa shape index (κ2) is 7.98. The molecule has 0 aliphatic rings. The molecule has 0 spiro atoms. The van der Waals surface area contributed by atoms with E-state index in [9.17, 15) is 16.8 Å². The number of nitrogens with one attached hydrogen (secondary N) is 2. The van der Waals surface area contributed by atoms with E-state index in [1.807, 2.05) is 0 Å². The van der Waals surface area contributed by atoms with E-state index in [1.165, 1.54) is 0 Å². The summed E-state index contributed by atoms with van der Waals surface area (Å²) in [7, 11) is -6.77. The van der Waals surface area contributed by atoms with Crippen molar-refractivity contribution in [1.29, 1.82) is 0 Å². The number of nitrogens with two attached hydrogens (primary N) is 1. The Labute approximate surface area is 103 Å². The van der Waals surface area contributed by atoms with E-state index < -0.39 is 20.0 Å². The minimum Gasteiger partial charge on any atom is -0.330 e. The number of rotatable bonds is 10. The van der Waals surface area contributed by atoms with Crippen molar-refractivity contribution in [3.63, 3.8) is 0 Å². The number of hydrogen-bond acceptors (Lipinski definition) is 5. The Bertz CT molecular complexity index is 391. The van der Waals surface area contributed by atoms with Gasteiger partial charge >= 0.3 is 0 Å². The average molecular weight is 287 g/mol. The van der Waals surface area contributed by atoms with Crippen molar-refractivity contribution in [2.24, 2.45) is 5.73 Å². The summed E-state index contributed by atoms with van der Waals surface area (Å²) in [6.45, 7) is 2.30. The molecule has 0 aromatic carbocycles. The molecule has 0 aromatic rings. The Morgan fingerprint density at radius 2 is 1.53 bits per heavy atom. The summed E-state index contributed by atoms with van der Waals surface area (Å²) in [5, 5.41) is 0. The maximum Gasteiger partial charge on any atom is 0.212 e. The van der Waals surface area contributed by atoms with Crippen molar-refractivity contribution in [1.82, 2.24) is 9.44 Å². The predicted octanol–water partition coefficient (Wildman–Crippen LogP) is -1.42. The predicted molar refractivity (Wildman–Crippen MR) is 67.5 cm³/mol. The Morgan fingerprint density at radius 3 is 2.06 bits per heavy atom. The van der Waals surface area contributed by atoms with Gasteiger partial charge in [-0.1, -0.05) is 6.92 Å². The van der Waals surface area contributed by atoms with Gasteiger partial charge in [-0.05, 0) is 19.4 Å². The average Bonchev–Trinajstić information content (AvgIpc) is 2.16. The first kappa shape index (κ1) is 16.8. The van der Waals surface area contributed by atoms with Crippen LogP contribution in [0.1, 0.15) is 19.8 Å². The standard InChI is InChI=1S/C8H21N3O4S2/c1-2-10-17(14,15)8-6-11-16(12,13)7-4-3-5-9/h10-11H,2-9H2,1H3. The lowest BCUT2D eigenvalue weighted by Crippen LogP contribution is -2.35. The molecule has 0 radical (unpaired) electrons. The fraction of sp³-hybridized carbons (Fsp3) is 1.00. The summed E-state index contributed by atoms with van der Waals surface area (Å²) in [5.41, 5.74) is 5.25. The van der Waals surface area contributed by atoms with Gasteiger partial charge in [-0.3, -0.25) is 0 Å². The molecule has 0 atom stereocenters. The van der Waals surface area contributed by atoms with Crippen LogP contribution in [0.5, 0.6) is 0 Å². The minimum atomic E-state index is -3.39. The van der Waals surface area contributed by atoms with E-state index in [2.05, 4.69) is 9.44 Å². The van der Waals surface area contributed by atoms with Crippen LogP contribution >= 0.6 is 0 Å². The first-order chi connectivity index (χ1) is 7.83. The first-order valence-electron chi connectivity index (χ1n) is 5.47. The molecule has 0 heterocycles. The highest BCUT2D eigenvalue weighted by atomic mass is 32.2. The van der Waals surface area contributed by atoms with Crippen LogP contribution in [-0.2, 0) is 20.0 Å². The molecule has 7 nitrogen and oxygen atoms in total. The second-order valence-corrected chi connectivity index (χ2v) is 7.38. The molecule has 17 heavy (non-hydrogen) atoms. The van der Waals surface area contributed by atoms with Gasteiger partial charge in [0.2, 0.25) is 20.0 Å². The van der Waals surface area contributed by atoms with Gasteiger partial charge in [0.1, 0.15) is 0 Å². The van der Waals surface area contributed by atoms with E-state index in [4.69, 9.17) is 5.73 Å². The molecule has 9 heteroatoms. The highest BCUT2D eigenvalue weighted by molar-refractivity contribution is 7.90. The van der Waals surface area contributed by atoms with Gasteiger partial charge in [0.05, 0.1) is 11.5 Å². The number of sulfonamides is 2. The fourth-order valence-corrected chi connectivity index (χ4v) is 3.36. The largest absolute Gasteiger partial charge is 0.330 e. The van der Waals surface area contributed by atoms with Gasteiger partial charge in [0.15, 0.2) is 0 Å². The maximum atomic E-state index is 11.4. The zero-order valence-electron chi connectivity index (χ0n) is 9.98. The third-order valence-corrected chi connectivity index (χ3v) is 4.86.